The Morgan fingerprint density at radius 3 is 2.92 bits per heavy atom. The Hall–Kier alpha value is -2.18. The first kappa shape index (κ1) is 17.6. The number of fused-ring (bicyclic) bond motifs is 1. The molecule has 2 aromatic heterocycles. The van der Waals surface area contributed by atoms with Crippen LogP contribution in [-0.4, -0.2) is 39.0 Å². The van der Waals surface area contributed by atoms with E-state index >= 15 is 0 Å². The molecule has 0 aliphatic heterocycles. The third-order valence-corrected chi connectivity index (χ3v) is 4.07. The fourth-order valence-corrected chi connectivity index (χ4v) is 2.74. The number of aromatic nitrogens is 4. The van der Waals surface area contributed by atoms with Crippen LogP contribution in [0.15, 0.2) is 30.7 Å². The van der Waals surface area contributed by atoms with E-state index in [-0.39, 0.29) is 6.10 Å². The lowest BCUT2D eigenvalue weighted by Gasteiger charge is -2.10. The number of anilines is 1. The van der Waals surface area contributed by atoms with Crippen LogP contribution in [0.25, 0.3) is 16.7 Å². The van der Waals surface area contributed by atoms with E-state index in [4.69, 9.17) is 16.3 Å². The molecule has 25 heavy (non-hydrogen) atoms. The third kappa shape index (κ3) is 4.08. The SMILES string of the molecule is Cc1ccc(Cl)cc1-n1ncc2c(NCCCOC(C)C)ncnc21. The number of benzene rings is 1. The molecule has 7 heteroatoms. The Morgan fingerprint density at radius 1 is 1.28 bits per heavy atom. The Balaban J connectivity index is 1.82. The molecule has 0 radical (unpaired) electrons. The standard InChI is InChI=1S/C18H22ClN5O/c1-12(2)25-8-4-7-20-17-15-10-23-24(18(15)22-11-21-17)16-9-14(19)6-5-13(16)3/h5-6,9-12H,4,7-8H2,1-3H3,(H,20,21,22). The number of ether oxygens (including phenoxy) is 1. The van der Waals surface area contributed by atoms with Gasteiger partial charge in [-0.15, -0.1) is 0 Å². The van der Waals surface area contributed by atoms with Gasteiger partial charge >= 0.3 is 0 Å². The molecule has 0 amide bonds. The first-order chi connectivity index (χ1) is 12.1. The van der Waals surface area contributed by atoms with E-state index in [1.807, 2.05) is 39.0 Å². The second-order valence-corrected chi connectivity index (χ2v) is 6.58. The highest BCUT2D eigenvalue weighted by Gasteiger charge is 2.12. The van der Waals surface area contributed by atoms with Gasteiger partial charge in [0.25, 0.3) is 0 Å². The molecule has 0 aliphatic rings. The van der Waals surface area contributed by atoms with Gasteiger partial charge in [0.15, 0.2) is 5.65 Å². The molecule has 0 atom stereocenters. The molecular weight excluding hydrogens is 338 g/mol. The van der Waals surface area contributed by atoms with Crippen LogP contribution in [0.1, 0.15) is 25.8 Å². The van der Waals surface area contributed by atoms with Gasteiger partial charge in [-0.2, -0.15) is 5.10 Å². The van der Waals surface area contributed by atoms with Gasteiger partial charge in [-0.05, 0) is 44.9 Å². The van der Waals surface area contributed by atoms with Crippen molar-refractivity contribution in [1.29, 1.82) is 0 Å². The lowest BCUT2D eigenvalue weighted by atomic mass is 10.2. The monoisotopic (exact) mass is 359 g/mol. The summed E-state index contributed by atoms with van der Waals surface area (Å²) in [6.07, 6.45) is 4.49. The Kier molecular flexibility index (Phi) is 5.50. The first-order valence-electron chi connectivity index (χ1n) is 8.37. The quantitative estimate of drug-likeness (QED) is 0.646. The summed E-state index contributed by atoms with van der Waals surface area (Å²) >= 11 is 6.14. The van der Waals surface area contributed by atoms with Crippen molar-refractivity contribution in [3.8, 4) is 5.69 Å². The van der Waals surface area contributed by atoms with E-state index in [9.17, 15) is 0 Å². The number of aryl methyl sites for hydroxylation is 1. The van der Waals surface area contributed by atoms with Crippen LogP contribution in [0.2, 0.25) is 5.02 Å². The van der Waals surface area contributed by atoms with Crippen molar-refractivity contribution in [2.45, 2.75) is 33.3 Å². The highest BCUT2D eigenvalue weighted by molar-refractivity contribution is 6.30. The fraction of sp³-hybridized carbons (Fsp3) is 0.389. The molecule has 0 fully saturated rings. The van der Waals surface area contributed by atoms with E-state index in [0.29, 0.717) is 5.02 Å². The van der Waals surface area contributed by atoms with Crippen LogP contribution in [-0.2, 0) is 4.74 Å². The lowest BCUT2D eigenvalue weighted by molar-refractivity contribution is 0.0787. The molecule has 3 rings (SSSR count). The minimum Gasteiger partial charge on any atom is -0.379 e. The number of nitrogens with zero attached hydrogens (tertiary/aromatic N) is 4. The zero-order chi connectivity index (χ0) is 17.8. The molecule has 0 saturated carbocycles. The Morgan fingerprint density at radius 2 is 2.12 bits per heavy atom. The Bertz CT molecular complexity index is 862. The zero-order valence-electron chi connectivity index (χ0n) is 14.7. The van der Waals surface area contributed by atoms with Crippen molar-refractivity contribution < 1.29 is 4.74 Å². The maximum absolute atomic E-state index is 6.14. The molecule has 1 N–H and O–H groups in total. The summed E-state index contributed by atoms with van der Waals surface area (Å²) in [5, 5.41) is 9.38. The average Bonchev–Trinajstić information content (AvgIpc) is 3.01. The predicted octanol–water partition coefficient (Wildman–Crippen LogP) is 4.00. The second-order valence-electron chi connectivity index (χ2n) is 6.15. The second kappa shape index (κ2) is 7.80. The van der Waals surface area contributed by atoms with E-state index in [0.717, 1.165) is 47.7 Å². The largest absolute Gasteiger partial charge is 0.379 e. The summed E-state index contributed by atoms with van der Waals surface area (Å²) in [6.45, 7) is 7.59. The molecule has 1 aromatic carbocycles. The first-order valence-corrected chi connectivity index (χ1v) is 8.75. The molecule has 3 aromatic rings. The van der Waals surface area contributed by atoms with Gasteiger partial charge in [0.05, 0.1) is 23.4 Å². The van der Waals surface area contributed by atoms with Crippen LogP contribution < -0.4 is 5.32 Å². The zero-order valence-corrected chi connectivity index (χ0v) is 15.4. The van der Waals surface area contributed by atoms with Gasteiger partial charge in [0, 0.05) is 18.2 Å². The molecule has 0 spiro atoms. The van der Waals surface area contributed by atoms with Crippen molar-refractivity contribution in [3.05, 3.63) is 41.3 Å². The Labute approximate surface area is 152 Å². The summed E-state index contributed by atoms with van der Waals surface area (Å²) in [5.41, 5.74) is 2.74. The number of halogens is 1. The summed E-state index contributed by atoms with van der Waals surface area (Å²) in [7, 11) is 0. The van der Waals surface area contributed by atoms with Gasteiger partial charge in [-0.3, -0.25) is 0 Å². The van der Waals surface area contributed by atoms with Crippen LogP contribution in [0.3, 0.4) is 0 Å². The lowest BCUT2D eigenvalue weighted by Crippen LogP contribution is -2.10. The van der Waals surface area contributed by atoms with E-state index in [1.165, 1.54) is 0 Å². The number of hydrogen-bond acceptors (Lipinski definition) is 5. The molecule has 6 nitrogen and oxygen atoms in total. The van der Waals surface area contributed by atoms with Gasteiger partial charge in [0.1, 0.15) is 12.1 Å². The van der Waals surface area contributed by atoms with Crippen molar-refractivity contribution >= 4 is 28.5 Å². The van der Waals surface area contributed by atoms with Crippen molar-refractivity contribution in [3.63, 3.8) is 0 Å². The van der Waals surface area contributed by atoms with Gasteiger partial charge in [-0.1, -0.05) is 17.7 Å². The van der Waals surface area contributed by atoms with Gasteiger partial charge in [-0.25, -0.2) is 14.6 Å². The minimum absolute atomic E-state index is 0.255. The van der Waals surface area contributed by atoms with Crippen LogP contribution in [0.4, 0.5) is 5.82 Å². The fourth-order valence-electron chi connectivity index (χ4n) is 2.57. The normalized spacial score (nSPS) is 11.4. The molecule has 0 saturated heterocycles. The molecule has 0 aliphatic carbocycles. The molecule has 132 valence electrons. The maximum atomic E-state index is 6.14. The highest BCUT2D eigenvalue weighted by atomic mass is 35.5. The molecule has 0 bridgehead atoms. The summed E-state index contributed by atoms with van der Waals surface area (Å²) in [6, 6.07) is 5.73. The molecular formula is C18H22ClN5O. The van der Waals surface area contributed by atoms with Gasteiger partial charge < -0.3 is 10.1 Å². The van der Waals surface area contributed by atoms with Crippen LogP contribution in [0.5, 0.6) is 0 Å². The smallest absolute Gasteiger partial charge is 0.168 e. The van der Waals surface area contributed by atoms with Gasteiger partial charge in [0.2, 0.25) is 0 Å². The van der Waals surface area contributed by atoms with Crippen molar-refractivity contribution in [2.24, 2.45) is 0 Å². The summed E-state index contributed by atoms with van der Waals surface area (Å²) < 4.78 is 7.35. The van der Waals surface area contributed by atoms with E-state index < -0.39 is 0 Å². The predicted molar refractivity (Wildman–Crippen MR) is 101 cm³/mol. The van der Waals surface area contributed by atoms with Crippen molar-refractivity contribution in [1.82, 2.24) is 19.7 Å². The van der Waals surface area contributed by atoms with E-state index in [1.54, 1.807) is 17.2 Å². The summed E-state index contributed by atoms with van der Waals surface area (Å²) in [4.78, 5) is 8.74. The maximum Gasteiger partial charge on any atom is 0.168 e. The topological polar surface area (TPSA) is 64.9 Å². The number of nitrogens with one attached hydrogen (secondary N) is 1. The van der Waals surface area contributed by atoms with E-state index in [2.05, 4.69) is 20.4 Å². The highest BCUT2D eigenvalue weighted by Crippen LogP contribution is 2.25. The minimum atomic E-state index is 0.255. The third-order valence-electron chi connectivity index (χ3n) is 3.83. The number of rotatable bonds is 7. The van der Waals surface area contributed by atoms with Crippen LogP contribution in [0, 0.1) is 6.92 Å². The molecule has 0 unspecified atom stereocenters. The average molecular weight is 360 g/mol. The number of hydrogen-bond donors (Lipinski definition) is 1. The molecule has 2 heterocycles. The van der Waals surface area contributed by atoms with Crippen molar-refractivity contribution in [2.75, 3.05) is 18.5 Å². The van der Waals surface area contributed by atoms with Crippen LogP contribution >= 0.6 is 11.6 Å². The summed E-state index contributed by atoms with van der Waals surface area (Å²) in [5.74, 6) is 0.778.